The van der Waals surface area contributed by atoms with Gasteiger partial charge in [0.25, 0.3) is 0 Å². The monoisotopic (exact) mass is 988 g/mol. The highest BCUT2D eigenvalue weighted by atomic mass is 15.1. The lowest BCUT2D eigenvalue weighted by atomic mass is 9.65. The lowest BCUT2D eigenvalue weighted by molar-refractivity contribution is 0.748. The molecule has 2 heterocycles. The second-order valence-electron chi connectivity index (χ2n) is 21.4. The highest BCUT2D eigenvalue weighted by molar-refractivity contribution is 6.13. The van der Waals surface area contributed by atoms with Crippen LogP contribution < -0.4 is 4.90 Å². The highest BCUT2D eigenvalue weighted by Crippen LogP contribution is 2.65. The molecule has 362 valence electrons. The third kappa shape index (κ3) is 5.46. The van der Waals surface area contributed by atoms with Crippen LogP contribution in [0.2, 0.25) is 0 Å². The maximum absolute atomic E-state index is 4.35. The Bertz CT molecular complexity index is 4710. The van der Waals surface area contributed by atoms with E-state index in [1.54, 1.807) is 0 Å². The molecule has 0 fully saturated rings. The molecule has 78 heavy (non-hydrogen) atoms. The number of aromatic nitrogens is 1. The van der Waals surface area contributed by atoms with Crippen molar-refractivity contribution in [1.82, 2.24) is 4.57 Å². The molecule has 0 amide bonds. The van der Waals surface area contributed by atoms with Gasteiger partial charge in [-0.15, -0.1) is 0 Å². The van der Waals surface area contributed by atoms with Crippen molar-refractivity contribution in [1.29, 1.82) is 0 Å². The molecule has 0 N–H and O–H groups in total. The molecule has 13 aromatic rings. The first kappa shape index (κ1) is 43.2. The van der Waals surface area contributed by atoms with Crippen LogP contribution in [0.5, 0.6) is 0 Å². The van der Waals surface area contributed by atoms with Crippen LogP contribution in [0, 0.1) is 0 Å². The summed E-state index contributed by atoms with van der Waals surface area (Å²) in [6, 6.07) is 103. The van der Waals surface area contributed by atoms with E-state index in [-0.39, 0.29) is 0 Å². The van der Waals surface area contributed by atoms with Gasteiger partial charge in [-0.1, -0.05) is 243 Å². The molecule has 1 aliphatic heterocycles. The van der Waals surface area contributed by atoms with Crippen LogP contribution >= 0.6 is 0 Å². The number of nitrogens with zero attached hydrogens (tertiary/aromatic N) is 2. The van der Waals surface area contributed by atoms with Gasteiger partial charge >= 0.3 is 0 Å². The number of rotatable bonds is 6. The lowest BCUT2D eigenvalue weighted by Gasteiger charge is -2.40. The number of para-hydroxylation sites is 4. The molecule has 2 unspecified atom stereocenters. The first-order valence-electron chi connectivity index (χ1n) is 27.2. The van der Waals surface area contributed by atoms with E-state index < -0.39 is 10.8 Å². The molecule has 2 atom stereocenters. The van der Waals surface area contributed by atoms with Gasteiger partial charge in [-0.25, -0.2) is 0 Å². The minimum absolute atomic E-state index is 0.558. The quantitative estimate of drug-likeness (QED) is 0.161. The zero-order valence-electron chi connectivity index (χ0n) is 42.7. The van der Waals surface area contributed by atoms with Crippen LogP contribution in [-0.4, -0.2) is 4.57 Å². The number of benzene rings is 12. The van der Waals surface area contributed by atoms with Crippen molar-refractivity contribution < 1.29 is 0 Å². The molecular formula is C76H48N2. The standard InChI is InChI=1S/C76H48N2/c1-2-48-22-18-33-66-73(48)61-27-8-13-31-64(61)75(66)62-29-11-6-24-55(62)57-44-42-52(46-68(57)75)77(70-35-15-9-23-54(70)51-40-38-50(39-41-51)49-20-4-3-5-21-49)53-43-45-58-56-25-7-12-30-63(56)76(69(58)47-53)65-32-14-17-37-72(65)78-71-36-16-10-26-59(71)60-28-19-34-67(76)74(60)78/h2-47H,1H2. The molecule has 1 aromatic heterocycles. The van der Waals surface area contributed by atoms with Gasteiger partial charge in [-0.05, 0) is 143 Å². The van der Waals surface area contributed by atoms with E-state index in [0.717, 1.165) is 33.8 Å². The minimum Gasteiger partial charge on any atom is -0.310 e. The summed E-state index contributed by atoms with van der Waals surface area (Å²) in [5.74, 6) is 0. The zero-order chi connectivity index (χ0) is 51.3. The van der Waals surface area contributed by atoms with Crippen LogP contribution in [0.1, 0.15) is 50.1 Å². The summed E-state index contributed by atoms with van der Waals surface area (Å²) in [6.45, 7) is 4.35. The molecular weight excluding hydrogens is 941 g/mol. The van der Waals surface area contributed by atoms with Gasteiger partial charge in [-0.3, -0.25) is 0 Å². The second kappa shape index (κ2) is 16.0. The number of hydrogen-bond acceptors (Lipinski definition) is 1. The fourth-order valence-electron chi connectivity index (χ4n) is 15.0. The van der Waals surface area contributed by atoms with E-state index in [1.165, 1.54) is 117 Å². The fourth-order valence-corrected chi connectivity index (χ4v) is 15.0. The minimum atomic E-state index is -0.620. The van der Waals surface area contributed by atoms with Crippen molar-refractivity contribution in [3.8, 4) is 61.3 Å². The number of anilines is 3. The van der Waals surface area contributed by atoms with Gasteiger partial charge in [0.2, 0.25) is 0 Å². The average molecular weight is 989 g/mol. The Labute approximate surface area is 453 Å². The normalized spacial score (nSPS) is 16.4. The molecule has 2 spiro atoms. The van der Waals surface area contributed by atoms with E-state index in [9.17, 15) is 0 Å². The maximum Gasteiger partial charge on any atom is 0.0755 e. The van der Waals surface area contributed by atoms with Gasteiger partial charge in [0.05, 0.1) is 33.2 Å². The van der Waals surface area contributed by atoms with E-state index in [4.69, 9.17) is 0 Å². The van der Waals surface area contributed by atoms with Crippen LogP contribution in [-0.2, 0) is 10.8 Å². The number of hydrogen-bond donors (Lipinski definition) is 0. The van der Waals surface area contributed by atoms with Crippen LogP contribution in [0.4, 0.5) is 17.1 Å². The Morgan fingerprint density at radius 3 is 1.53 bits per heavy atom. The fraction of sp³-hybridized carbons (Fsp3) is 0.0263. The van der Waals surface area contributed by atoms with Crippen molar-refractivity contribution in [2.24, 2.45) is 0 Å². The Morgan fingerprint density at radius 1 is 0.333 bits per heavy atom. The highest BCUT2D eigenvalue weighted by Gasteiger charge is 2.53. The summed E-state index contributed by atoms with van der Waals surface area (Å²) in [4.78, 5) is 2.56. The molecule has 2 nitrogen and oxygen atoms in total. The molecule has 12 aromatic carbocycles. The van der Waals surface area contributed by atoms with Crippen molar-refractivity contribution >= 4 is 44.9 Å². The third-order valence-electron chi connectivity index (χ3n) is 18.0. The first-order chi connectivity index (χ1) is 38.7. The predicted molar refractivity (Wildman–Crippen MR) is 324 cm³/mol. The van der Waals surface area contributed by atoms with Crippen LogP contribution in [0.3, 0.4) is 0 Å². The largest absolute Gasteiger partial charge is 0.310 e. The van der Waals surface area contributed by atoms with Gasteiger partial charge in [0, 0.05) is 27.7 Å². The molecule has 2 heteroatoms. The summed E-state index contributed by atoms with van der Waals surface area (Å²) in [6.07, 6.45) is 2.03. The Morgan fingerprint density at radius 2 is 0.821 bits per heavy atom. The van der Waals surface area contributed by atoms with Crippen molar-refractivity contribution in [2.45, 2.75) is 10.8 Å². The SMILES string of the molecule is C=Cc1cccc2c1-c1ccccc1C21c2ccccc2-c2ccc(N(c3ccc4c(c3)C3(c5ccccc5-4)c4ccccc4-n4c5ccccc5c5cccc3c54)c3ccccc3-c3ccc(-c4ccccc4)cc3)cc21. The Hall–Kier alpha value is -10.0. The lowest BCUT2D eigenvalue weighted by Crippen LogP contribution is -2.33. The molecule has 0 bridgehead atoms. The van der Waals surface area contributed by atoms with E-state index in [2.05, 4.69) is 289 Å². The summed E-state index contributed by atoms with van der Waals surface area (Å²) in [5.41, 5.74) is 29.7. The van der Waals surface area contributed by atoms with Gasteiger partial charge in [0.1, 0.15) is 0 Å². The van der Waals surface area contributed by atoms with E-state index in [1.807, 2.05) is 6.08 Å². The zero-order valence-corrected chi connectivity index (χ0v) is 42.7. The van der Waals surface area contributed by atoms with Crippen LogP contribution in [0.25, 0.3) is 89.2 Å². The molecule has 0 saturated heterocycles. The predicted octanol–water partition coefficient (Wildman–Crippen LogP) is 19.3. The van der Waals surface area contributed by atoms with Gasteiger partial charge < -0.3 is 9.47 Å². The second-order valence-corrected chi connectivity index (χ2v) is 21.4. The summed E-state index contributed by atoms with van der Waals surface area (Å²) < 4.78 is 2.53. The average Bonchev–Trinajstić information content (AvgIpc) is 2.69. The summed E-state index contributed by atoms with van der Waals surface area (Å²) in [5, 5.41) is 2.54. The molecule has 3 aliphatic carbocycles. The van der Waals surface area contributed by atoms with Crippen molar-refractivity contribution in [3.63, 3.8) is 0 Å². The molecule has 17 rings (SSSR count). The Balaban J connectivity index is 0.955. The topological polar surface area (TPSA) is 8.17 Å². The molecule has 0 saturated carbocycles. The van der Waals surface area contributed by atoms with Crippen LogP contribution in [0.15, 0.2) is 280 Å². The van der Waals surface area contributed by atoms with E-state index >= 15 is 0 Å². The van der Waals surface area contributed by atoms with Gasteiger partial charge in [-0.2, -0.15) is 0 Å². The molecule has 0 radical (unpaired) electrons. The smallest absolute Gasteiger partial charge is 0.0755 e. The van der Waals surface area contributed by atoms with Gasteiger partial charge in [0.15, 0.2) is 0 Å². The van der Waals surface area contributed by atoms with Crippen molar-refractivity contribution in [2.75, 3.05) is 4.90 Å². The number of fused-ring (bicyclic) bond motifs is 22. The maximum atomic E-state index is 4.35. The first-order valence-corrected chi connectivity index (χ1v) is 27.2. The van der Waals surface area contributed by atoms with Crippen molar-refractivity contribution in [3.05, 3.63) is 330 Å². The molecule has 4 aliphatic rings. The third-order valence-corrected chi connectivity index (χ3v) is 18.0. The van der Waals surface area contributed by atoms with E-state index in [0.29, 0.717) is 0 Å². The Kier molecular flexibility index (Phi) is 8.87. The summed E-state index contributed by atoms with van der Waals surface area (Å²) in [7, 11) is 0. The summed E-state index contributed by atoms with van der Waals surface area (Å²) >= 11 is 0.